The molecule has 3 aromatic rings. The number of hydrogen-bond acceptors (Lipinski definition) is 5. The zero-order valence-corrected chi connectivity index (χ0v) is 14.0. The lowest BCUT2D eigenvalue weighted by molar-refractivity contribution is 0.324. The summed E-state index contributed by atoms with van der Waals surface area (Å²) in [5.74, 6) is 0.901. The van der Waals surface area contributed by atoms with E-state index in [1.54, 1.807) is 18.2 Å². The number of nitrogens with one attached hydrogen (secondary N) is 1. The molecule has 3 rings (SSSR count). The Morgan fingerprint density at radius 2 is 1.72 bits per heavy atom. The number of aliphatic imine (C=N–C) groups is 1. The summed E-state index contributed by atoms with van der Waals surface area (Å²) in [5, 5.41) is 10.6. The number of H-pyrrole nitrogens is 1. The molecule has 0 aliphatic rings. The Balaban J connectivity index is 2.05. The Morgan fingerprint density at radius 1 is 1.04 bits per heavy atom. The number of benzene rings is 2. The molecule has 1 heterocycles. The van der Waals surface area contributed by atoms with Gasteiger partial charge < -0.3 is 24.3 Å². The van der Waals surface area contributed by atoms with Crippen LogP contribution >= 0.6 is 0 Å². The molecular formula is C18H17FN2O4. The van der Waals surface area contributed by atoms with Gasteiger partial charge in [0.05, 0.1) is 32.6 Å². The minimum Gasteiger partial charge on any atom is -0.494 e. The molecule has 0 saturated carbocycles. The van der Waals surface area contributed by atoms with E-state index >= 15 is 0 Å². The lowest BCUT2D eigenvalue weighted by Crippen LogP contribution is -1.94. The van der Waals surface area contributed by atoms with Crippen molar-refractivity contribution in [2.24, 2.45) is 4.99 Å². The lowest BCUT2D eigenvalue weighted by Gasteiger charge is -2.12. The molecule has 0 spiro atoms. The number of nitrogens with zero attached hydrogens (tertiary/aromatic N) is 1. The van der Waals surface area contributed by atoms with Crippen LogP contribution in [0.2, 0.25) is 0 Å². The summed E-state index contributed by atoms with van der Waals surface area (Å²) in [6, 6.07) is 7.55. The number of methoxy groups -OCH3 is 3. The van der Waals surface area contributed by atoms with E-state index in [9.17, 15) is 9.50 Å². The first kappa shape index (κ1) is 16.6. The van der Waals surface area contributed by atoms with E-state index in [1.165, 1.54) is 39.7 Å². The molecule has 0 bridgehead atoms. The first-order valence-corrected chi connectivity index (χ1v) is 7.41. The van der Waals surface area contributed by atoms with Crippen molar-refractivity contribution in [3.63, 3.8) is 0 Å². The third kappa shape index (κ3) is 3.08. The minimum atomic E-state index is -0.395. The summed E-state index contributed by atoms with van der Waals surface area (Å²) in [7, 11) is 4.54. The van der Waals surface area contributed by atoms with Crippen molar-refractivity contribution < 1.29 is 23.7 Å². The van der Waals surface area contributed by atoms with Gasteiger partial charge in [0, 0.05) is 29.3 Å². The van der Waals surface area contributed by atoms with E-state index in [1.807, 2.05) is 0 Å². The number of rotatable bonds is 5. The normalized spacial score (nSPS) is 11.2. The van der Waals surface area contributed by atoms with Crippen LogP contribution in [0, 0.1) is 5.82 Å². The number of aromatic nitrogens is 1. The highest BCUT2D eigenvalue weighted by Crippen LogP contribution is 2.41. The van der Waals surface area contributed by atoms with Crippen molar-refractivity contribution in [1.82, 2.24) is 4.98 Å². The van der Waals surface area contributed by atoms with Crippen LogP contribution in [0.3, 0.4) is 0 Å². The standard InChI is InChI=1S/C18H17FN2O4/c1-23-15-7-11(8-16(24-2)17(15)25-3)20-9-13-12-6-10(19)4-5-14(12)21-18(13)22/h4-9,21-22H,1-3H3. The number of hydrogen-bond donors (Lipinski definition) is 2. The van der Waals surface area contributed by atoms with Crippen LogP contribution in [0.25, 0.3) is 10.9 Å². The van der Waals surface area contributed by atoms with E-state index in [-0.39, 0.29) is 5.88 Å². The molecule has 0 saturated heterocycles. The zero-order valence-electron chi connectivity index (χ0n) is 14.0. The maximum atomic E-state index is 13.5. The molecule has 2 N–H and O–H groups in total. The molecule has 2 aromatic carbocycles. The third-order valence-corrected chi connectivity index (χ3v) is 3.77. The molecule has 0 aliphatic heterocycles. The highest BCUT2D eigenvalue weighted by molar-refractivity contribution is 6.02. The van der Waals surface area contributed by atoms with Crippen LogP contribution in [0.15, 0.2) is 35.3 Å². The van der Waals surface area contributed by atoms with Crippen LogP contribution in [-0.2, 0) is 0 Å². The van der Waals surface area contributed by atoms with Crippen molar-refractivity contribution in [2.45, 2.75) is 0 Å². The van der Waals surface area contributed by atoms with E-state index in [0.29, 0.717) is 39.4 Å². The van der Waals surface area contributed by atoms with Gasteiger partial charge in [-0.05, 0) is 18.2 Å². The lowest BCUT2D eigenvalue weighted by atomic mass is 10.2. The average Bonchev–Trinajstić information content (AvgIpc) is 2.93. The Labute approximate surface area is 143 Å². The second kappa shape index (κ2) is 6.72. The molecule has 0 aliphatic carbocycles. The molecule has 0 fully saturated rings. The number of fused-ring (bicyclic) bond motifs is 1. The van der Waals surface area contributed by atoms with Crippen molar-refractivity contribution in [3.05, 3.63) is 41.7 Å². The molecule has 130 valence electrons. The SMILES string of the molecule is COc1cc(N=Cc2c(O)[nH]c3ccc(F)cc23)cc(OC)c1OC. The number of ether oxygens (including phenoxy) is 3. The Kier molecular flexibility index (Phi) is 4.47. The van der Waals surface area contributed by atoms with Crippen molar-refractivity contribution in [1.29, 1.82) is 0 Å². The largest absolute Gasteiger partial charge is 0.494 e. The zero-order chi connectivity index (χ0) is 18.0. The molecular weight excluding hydrogens is 327 g/mol. The van der Waals surface area contributed by atoms with Crippen LogP contribution in [0.4, 0.5) is 10.1 Å². The van der Waals surface area contributed by atoms with Gasteiger partial charge in [0.1, 0.15) is 5.82 Å². The molecule has 1 aromatic heterocycles. The van der Waals surface area contributed by atoms with Crippen molar-refractivity contribution >= 4 is 22.8 Å². The Hall–Kier alpha value is -3.22. The van der Waals surface area contributed by atoms with Gasteiger partial charge in [-0.1, -0.05) is 0 Å². The molecule has 25 heavy (non-hydrogen) atoms. The number of halogens is 1. The van der Waals surface area contributed by atoms with Gasteiger partial charge in [-0.15, -0.1) is 0 Å². The monoisotopic (exact) mass is 344 g/mol. The summed E-state index contributed by atoms with van der Waals surface area (Å²) in [6.07, 6.45) is 1.45. The van der Waals surface area contributed by atoms with Gasteiger partial charge >= 0.3 is 0 Å². The quantitative estimate of drug-likeness (QED) is 0.691. The van der Waals surface area contributed by atoms with Gasteiger partial charge in [-0.3, -0.25) is 4.99 Å². The van der Waals surface area contributed by atoms with Crippen LogP contribution in [-0.4, -0.2) is 37.6 Å². The van der Waals surface area contributed by atoms with E-state index in [4.69, 9.17) is 14.2 Å². The Morgan fingerprint density at radius 3 is 2.32 bits per heavy atom. The molecule has 0 atom stereocenters. The summed E-state index contributed by atoms with van der Waals surface area (Å²) >= 11 is 0. The molecule has 0 radical (unpaired) electrons. The number of aromatic amines is 1. The highest BCUT2D eigenvalue weighted by atomic mass is 19.1. The molecule has 6 nitrogen and oxygen atoms in total. The Bertz CT molecular complexity index is 925. The van der Waals surface area contributed by atoms with Crippen LogP contribution < -0.4 is 14.2 Å². The van der Waals surface area contributed by atoms with Crippen molar-refractivity contribution in [3.8, 4) is 23.1 Å². The van der Waals surface area contributed by atoms with Gasteiger partial charge in [0.25, 0.3) is 0 Å². The topological polar surface area (TPSA) is 76.1 Å². The van der Waals surface area contributed by atoms with E-state index in [2.05, 4.69) is 9.98 Å². The van der Waals surface area contributed by atoms with Crippen molar-refractivity contribution in [2.75, 3.05) is 21.3 Å². The average molecular weight is 344 g/mol. The van der Waals surface area contributed by atoms with Crippen LogP contribution in [0.1, 0.15) is 5.56 Å². The fraction of sp³-hybridized carbons (Fsp3) is 0.167. The van der Waals surface area contributed by atoms with Gasteiger partial charge in [0.2, 0.25) is 5.75 Å². The van der Waals surface area contributed by atoms with Gasteiger partial charge in [-0.2, -0.15) is 0 Å². The summed E-state index contributed by atoms with van der Waals surface area (Å²) < 4.78 is 29.3. The molecule has 7 heteroatoms. The number of aromatic hydroxyl groups is 1. The first-order chi connectivity index (χ1) is 12.1. The highest BCUT2D eigenvalue weighted by Gasteiger charge is 2.13. The summed E-state index contributed by atoms with van der Waals surface area (Å²) in [6.45, 7) is 0. The smallest absolute Gasteiger partial charge is 0.203 e. The predicted octanol–water partition coefficient (Wildman–Crippen LogP) is 3.79. The maximum absolute atomic E-state index is 13.5. The predicted molar refractivity (Wildman–Crippen MR) is 93.3 cm³/mol. The minimum absolute atomic E-state index is 0.0863. The second-order valence-corrected chi connectivity index (χ2v) is 5.22. The summed E-state index contributed by atoms with van der Waals surface area (Å²) in [4.78, 5) is 7.12. The van der Waals surface area contributed by atoms with Crippen LogP contribution in [0.5, 0.6) is 23.1 Å². The first-order valence-electron chi connectivity index (χ1n) is 7.41. The second-order valence-electron chi connectivity index (χ2n) is 5.22. The maximum Gasteiger partial charge on any atom is 0.203 e. The molecule has 0 unspecified atom stereocenters. The fourth-order valence-corrected chi connectivity index (χ4v) is 2.58. The van der Waals surface area contributed by atoms with Gasteiger partial charge in [0.15, 0.2) is 17.4 Å². The van der Waals surface area contributed by atoms with Gasteiger partial charge in [-0.25, -0.2) is 4.39 Å². The van der Waals surface area contributed by atoms with E-state index < -0.39 is 5.82 Å². The third-order valence-electron chi connectivity index (χ3n) is 3.77. The fourth-order valence-electron chi connectivity index (χ4n) is 2.58. The van der Waals surface area contributed by atoms with E-state index in [0.717, 1.165) is 0 Å². The summed E-state index contributed by atoms with van der Waals surface area (Å²) in [5.41, 5.74) is 1.54. The molecule has 0 amide bonds.